The minimum absolute atomic E-state index is 0.00503. The summed E-state index contributed by atoms with van der Waals surface area (Å²) in [6.45, 7) is 3.37. The van der Waals surface area contributed by atoms with Gasteiger partial charge in [-0.3, -0.25) is 15.1 Å². The second-order valence-corrected chi connectivity index (χ2v) is 8.09. The molecule has 1 amide bonds. The highest BCUT2D eigenvalue weighted by molar-refractivity contribution is 5.88. The predicted molar refractivity (Wildman–Crippen MR) is 119 cm³/mol. The van der Waals surface area contributed by atoms with Crippen molar-refractivity contribution in [1.82, 2.24) is 15.0 Å². The third-order valence-corrected chi connectivity index (χ3v) is 5.52. The van der Waals surface area contributed by atoms with Gasteiger partial charge < -0.3 is 4.74 Å². The van der Waals surface area contributed by atoms with Crippen molar-refractivity contribution >= 4 is 28.5 Å². The van der Waals surface area contributed by atoms with E-state index in [9.17, 15) is 9.59 Å². The van der Waals surface area contributed by atoms with Crippen molar-refractivity contribution in [2.24, 2.45) is 0 Å². The van der Waals surface area contributed by atoms with Gasteiger partial charge >= 0.3 is 6.09 Å². The maximum atomic E-state index is 12.4. The van der Waals surface area contributed by atoms with Crippen LogP contribution < -0.4 is 5.32 Å². The van der Waals surface area contributed by atoms with Crippen molar-refractivity contribution in [3.05, 3.63) is 48.2 Å². The van der Waals surface area contributed by atoms with E-state index in [1.54, 1.807) is 12.4 Å². The van der Waals surface area contributed by atoms with Crippen molar-refractivity contribution in [3.63, 3.8) is 0 Å². The van der Waals surface area contributed by atoms with Crippen LogP contribution in [0.15, 0.2) is 36.7 Å². The van der Waals surface area contributed by atoms with Crippen LogP contribution in [0, 0.1) is 6.92 Å². The molecule has 31 heavy (non-hydrogen) atoms. The summed E-state index contributed by atoms with van der Waals surface area (Å²) in [6.07, 6.45) is 8.54. The van der Waals surface area contributed by atoms with Crippen LogP contribution in [0.5, 0.6) is 0 Å². The van der Waals surface area contributed by atoms with Crippen molar-refractivity contribution in [2.45, 2.75) is 58.5 Å². The summed E-state index contributed by atoms with van der Waals surface area (Å²) in [4.78, 5) is 37.0. The molecule has 7 nitrogen and oxygen atoms in total. The molecule has 160 valence electrons. The van der Waals surface area contributed by atoms with Crippen LogP contribution in [0.4, 0.5) is 10.5 Å². The molecule has 0 radical (unpaired) electrons. The Hall–Kier alpha value is -3.35. The van der Waals surface area contributed by atoms with Gasteiger partial charge in [0.15, 0.2) is 0 Å². The number of Topliss-reactive ketones (excluding diaryl/α,β-unsaturated/α-hetero) is 1. The number of nitrogens with one attached hydrogen (secondary N) is 1. The highest BCUT2D eigenvalue weighted by Crippen LogP contribution is 2.27. The molecule has 0 atom stereocenters. The molecule has 4 rings (SSSR count). The Kier molecular flexibility index (Phi) is 6.21. The zero-order chi connectivity index (χ0) is 21.8. The summed E-state index contributed by atoms with van der Waals surface area (Å²) in [5, 5.41) is 3.74. The molecule has 1 saturated carbocycles. The van der Waals surface area contributed by atoms with Gasteiger partial charge in [-0.25, -0.2) is 14.8 Å². The summed E-state index contributed by atoms with van der Waals surface area (Å²) in [5.74, 6) is 0.529. The average Bonchev–Trinajstić information content (AvgIpc) is 2.75. The highest BCUT2D eigenvalue weighted by atomic mass is 16.6. The Morgan fingerprint density at radius 2 is 1.87 bits per heavy atom. The van der Waals surface area contributed by atoms with Gasteiger partial charge in [0.05, 0.1) is 23.3 Å². The number of fused-ring (bicyclic) bond motifs is 1. The molecule has 1 aliphatic carbocycles. The van der Waals surface area contributed by atoms with Crippen LogP contribution in [0.1, 0.15) is 50.5 Å². The highest BCUT2D eigenvalue weighted by Gasteiger charge is 2.18. The molecule has 2 aromatic heterocycles. The van der Waals surface area contributed by atoms with Gasteiger partial charge in [0.1, 0.15) is 17.7 Å². The first kappa shape index (κ1) is 20.9. The number of carbonyl (C=O) groups excluding carboxylic acids is 2. The smallest absolute Gasteiger partial charge is 0.411 e. The number of aromatic nitrogens is 3. The van der Waals surface area contributed by atoms with E-state index >= 15 is 0 Å². The van der Waals surface area contributed by atoms with E-state index in [1.807, 2.05) is 31.2 Å². The minimum Gasteiger partial charge on any atom is -0.446 e. The molecule has 3 aromatic rings. The molecule has 1 fully saturated rings. The van der Waals surface area contributed by atoms with Crippen molar-refractivity contribution in [2.75, 3.05) is 5.32 Å². The number of amides is 1. The first-order valence-electron chi connectivity index (χ1n) is 10.7. The van der Waals surface area contributed by atoms with Gasteiger partial charge in [0.25, 0.3) is 0 Å². The van der Waals surface area contributed by atoms with Gasteiger partial charge in [-0.1, -0.05) is 18.6 Å². The molecule has 0 bridgehead atoms. The third-order valence-electron chi connectivity index (χ3n) is 5.52. The van der Waals surface area contributed by atoms with Gasteiger partial charge in [0, 0.05) is 23.3 Å². The topological polar surface area (TPSA) is 94.1 Å². The maximum Gasteiger partial charge on any atom is 0.411 e. The largest absolute Gasteiger partial charge is 0.446 e. The second-order valence-electron chi connectivity index (χ2n) is 8.09. The molecular formula is C24H26N4O3. The van der Waals surface area contributed by atoms with Crippen LogP contribution >= 0.6 is 0 Å². The van der Waals surface area contributed by atoms with E-state index in [-0.39, 0.29) is 18.3 Å². The van der Waals surface area contributed by atoms with E-state index in [0.29, 0.717) is 11.5 Å². The Morgan fingerprint density at radius 3 is 2.65 bits per heavy atom. The zero-order valence-electron chi connectivity index (χ0n) is 17.9. The molecule has 2 heterocycles. The molecule has 0 spiro atoms. The number of nitrogens with zero attached hydrogens (tertiary/aromatic N) is 3. The van der Waals surface area contributed by atoms with Crippen molar-refractivity contribution in [3.8, 4) is 11.1 Å². The standard InChI is InChI=1S/C24H26N4O3/c1-15(29)10-23-26-13-18-9-8-17(11-22(18)27-23)19-12-21(16(2)25-14-19)28-24(30)31-20-6-4-3-5-7-20/h8-9,11-14,20H,3-7,10H2,1-2H3,(H,28,30). The number of ether oxygens (including phenoxy) is 1. The number of ketones is 1. The Morgan fingerprint density at radius 1 is 1.06 bits per heavy atom. The SMILES string of the molecule is CC(=O)Cc1ncc2ccc(-c3cnc(C)c(NC(=O)OC4CCCCC4)c3)cc2n1. The quantitative estimate of drug-likeness (QED) is 0.626. The van der Waals surface area contributed by atoms with Gasteiger partial charge in [-0.05, 0) is 57.2 Å². The fraction of sp³-hybridized carbons (Fsp3) is 0.375. The Balaban J connectivity index is 1.55. The van der Waals surface area contributed by atoms with E-state index in [4.69, 9.17) is 4.74 Å². The number of pyridine rings is 1. The number of anilines is 1. The van der Waals surface area contributed by atoms with Gasteiger partial charge in [0.2, 0.25) is 0 Å². The number of rotatable bonds is 5. The summed E-state index contributed by atoms with van der Waals surface area (Å²) < 4.78 is 5.58. The molecule has 1 aromatic carbocycles. The van der Waals surface area contributed by atoms with Gasteiger partial charge in [-0.2, -0.15) is 0 Å². The molecular weight excluding hydrogens is 392 g/mol. The molecule has 1 N–H and O–H groups in total. The molecule has 1 aliphatic rings. The first-order chi connectivity index (χ1) is 15.0. The normalized spacial score (nSPS) is 14.4. The van der Waals surface area contributed by atoms with Gasteiger partial charge in [-0.15, -0.1) is 0 Å². The number of benzene rings is 1. The maximum absolute atomic E-state index is 12.4. The lowest BCUT2D eigenvalue weighted by Crippen LogP contribution is -2.24. The first-order valence-corrected chi connectivity index (χ1v) is 10.7. The lowest BCUT2D eigenvalue weighted by molar-refractivity contribution is -0.116. The monoisotopic (exact) mass is 418 g/mol. The number of aryl methyl sites for hydroxylation is 1. The fourth-order valence-corrected chi connectivity index (χ4v) is 3.84. The minimum atomic E-state index is -0.436. The van der Waals surface area contributed by atoms with Crippen LogP contribution in [0.25, 0.3) is 22.0 Å². The number of carbonyl (C=O) groups is 2. The van der Waals surface area contributed by atoms with Crippen LogP contribution in [0.3, 0.4) is 0 Å². The predicted octanol–water partition coefficient (Wildman–Crippen LogP) is 5.01. The van der Waals surface area contributed by atoms with Crippen molar-refractivity contribution < 1.29 is 14.3 Å². The second kappa shape index (κ2) is 9.20. The summed E-state index contributed by atoms with van der Waals surface area (Å²) >= 11 is 0. The van der Waals surface area contributed by atoms with Crippen LogP contribution in [-0.2, 0) is 16.0 Å². The number of hydrogen-bond acceptors (Lipinski definition) is 6. The van der Waals surface area contributed by atoms with E-state index in [0.717, 1.165) is 53.4 Å². The number of hydrogen-bond donors (Lipinski definition) is 1. The lowest BCUT2D eigenvalue weighted by Gasteiger charge is -2.22. The van der Waals surface area contributed by atoms with E-state index in [2.05, 4.69) is 20.3 Å². The fourth-order valence-electron chi connectivity index (χ4n) is 3.84. The molecule has 0 unspecified atom stereocenters. The lowest BCUT2D eigenvalue weighted by atomic mass is 9.98. The Labute approximate surface area is 181 Å². The van der Waals surface area contributed by atoms with Crippen LogP contribution in [-0.4, -0.2) is 32.9 Å². The van der Waals surface area contributed by atoms with Crippen LogP contribution in [0.2, 0.25) is 0 Å². The van der Waals surface area contributed by atoms with E-state index in [1.165, 1.54) is 13.3 Å². The van der Waals surface area contributed by atoms with E-state index < -0.39 is 6.09 Å². The molecule has 0 saturated heterocycles. The third kappa shape index (κ3) is 5.23. The summed E-state index contributed by atoms with van der Waals surface area (Å²) in [7, 11) is 0. The average molecular weight is 418 g/mol. The summed E-state index contributed by atoms with van der Waals surface area (Å²) in [5.41, 5.74) is 3.87. The molecule has 7 heteroatoms. The molecule has 0 aliphatic heterocycles. The zero-order valence-corrected chi connectivity index (χ0v) is 17.9. The van der Waals surface area contributed by atoms with Crippen molar-refractivity contribution in [1.29, 1.82) is 0 Å². The summed E-state index contributed by atoms with van der Waals surface area (Å²) in [6, 6.07) is 7.74. The Bertz CT molecular complexity index is 1120.